The molecule has 0 aliphatic carbocycles. The molecule has 2 aromatic rings. The smallest absolute Gasteiger partial charge is 0.261 e. The molecular formula is C14H12BrN3O2S. The average molecular weight is 366 g/mol. The molecule has 7 heteroatoms. The highest BCUT2D eigenvalue weighted by molar-refractivity contribution is 9.10. The van der Waals surface area contributed by atoms with E-state index in [0.29, 0.717) is 4.88 Å². The summed E-state index contributed by atoms with van der Waals surface area (Å²) in [5.41, 5.74) is 3.22. The summed E-state index contributed by atoms with van der Waals surface area (Å²) in [5.74, 6) is -0.648. The van der Waals surface area contributed by atoms with Gasteiger partial charge in [0.15, 0.2) is 0 Å². The van der Waals surface area contributed by atoms with E-state index in [-0.39, 0.29) is 18.4 Å². The van der Waals surface area contributed by atoms with Crippen molar-refractivity contribution in [2.24, 2.45) is 5.10 Å². The van der Waals surface area contributed by atoms with Crippen molar-refractivity contribution >= 4 is 45.3 Å². The highest BCUT2D eigenvalue weighted by Gasteiger charge is 2.07. The molecule has 0 atom stereocenters. The number of hydrogen-bond acceptors (Lipinski definition) is 4. The number of rotatable bonds is 5. The quantitative estimate of drug-likeness (QED) is 0.630. The monoisotopic (exact) mass is 365 g/mol. The van der Waals surface area contributed by atoms with Gasteiger partial charge in [0, 0.05) is 4.47 Å². The van der Waals surface area contributed by atoms with Crippen LogP contribution in [0.2, 0.25) is 0 Å². The Morgan fingerprint density at radius 1 is 1.24 bits per heavy atom. The van der Waals surface area contributed by atoms with Crippen molar-refractivity contribution in [3.05, 3.63) is 56.7 Å². The molecule has 21 heavy (non-hydrogen) atoms. The normalized spacial score (nSPS) is 10.5. The molecule has 1 aromatic heterocycles. The van der Waals surface area contributed by atoms with Crippen molar-refractivity contribution in [1.29, 1.82) is 0 Å². The Kier molecular flexibility index (Phi) is 5.65. The number of carbonyl (C=O) groups is 2. The molecular weight excluding hydrogens is 354 g/mol. The Labute approximate surface area is 134 Å². The highest BCUT2D eigenvalue weighted by atomic mass is 79.9. The SMILES string of the molecule is O=C(CNC(=O)c1cccs1)NN=Cc1ccc(Br)cc1. The molecule has 5 nitrogen and oxygen atoms in total. The zero-order valence-corrected chi connectivity index (χ0v) is 13.3. The fourth-order valence-corrected chi connectivity index (χ4v) is 2.33. The van der Waals surface area contributed by atoms with Crippen LogP contribution in [0.4, 0.5) is 0 Å². The van der Waals surface area contributed by atoms with Gasteiger partial charge in [0.05, 0.1) is 17.6 Å². The third-order valence-corrected chi connectivity index (χ3v) is 3.82. The third kappa shape index (κ3) is 5.13. The molecule has 0 radical (unpaired) electrons. The van der Waals surface area contributed by atoms with E-state index in [4.69, 9.17) is 0 Å². The topological polar surface area (TPSA) is 70.6 Å². The number of halogens is 1. The lowest BCUT2D eigenvalue weighted by molar-refractivity contribution is -0.120. The minimum Gasteiger partial charge on any atom is -0.342 e. The molecule has 2 amide bonds. The summed E-state index contributed by atoms with van der Waals surface area (Å²) in [6, 6.07) is 11.0. The number of nitrogens with zero attached hydrogens (tertiary/aromatic N) is 1. The van der Waals surface area contributed by atoms with Crippen LogP contribution in [0.3, 0.4) is 0 Å². The molecule has 2 rings (SSSR count). The van der Waals surface area contributed by atoms with Crippen LogP contribution >= 0.6 is 27.3 Å². The third-order valence-electron chi connectivity index (χ3n) is 2.43. The lowest BCUT2D eigenvalue weighted by Crippen LogP contribution is -2.34. The van der Waals surface area contributed by atoms with E-state index in [1.165, 1.54) is 17.6 Å². The molecule has 1 aromatic carbocycles. The summed E-state index contributed by atoms with van der Waals surface area (Å²) in [6.07, 6.45) is 1.53. The first-order valence-corrected chi connectivity index (χ1v) is 7.71. The van der Waals surface area contributed by atoms with Crippen molar-refractivity contribution in [2.75, 3.05) is 6.54 Å². The summed E-state index contributed by atoms with van der Waals surface area (Å²) in [6.45, 7) is -0.117. The van der Waals surface area contributed by atoms with E-state index in [1.54, 1.807) is 17.5 Å². The second-order valence-electron chi connectivity index (χ2n) is 4.00. The standard InChI is InChI=1S/C14H12BrN3O2S/c15-11-5-3-10(4-6-11)8-17-18-13(19)9-16-14(20)12-2-1-7-21-12/h1-8H,9H2,(H,16,20)(H,18,19). The maximum atomic E-state index is 11.6. The van der Waals surface area contributed by atoms with Crippen LogP contribution < -0.4 is 10.7 Å². The Balaban J connectivity index is 1.74. The van der Waals surface area contributed by atoms with E-state index in [1.807, 2.05) is 24.3 Å². The Morgan fingerprint density at radius 2 is 2.00 bits per heavy atom. The molecule has 108 valence electrons. The number of hydrogen-bond donors (Lipinski definition) is 2. The number of hydrazone groups is 1. The average Bonchev–Trinajstić information content (AvgIpc) is 3.01. The van der Waals surface area contributed by atoms with Gasteiger partial charge in [-0.15, -0.1) is 11.3 Å². The van der Waals surface area contributed by atoms with Crippen LogP contribution in [-0.2, 0) is 4.79 Å². The summed E-state index contributed by atoms with van der Waals surface area (Å²) >= 11 is 4.66. The molecule has 0 saturated carbocycles. The van der Waals surface area contributed by atoms with Gasteiger partial charge in [0.25, 0.3) is 11.8 Å². The van der Waals surface area contributed by atoms with Crippen LogP contribution in [0.5, 0.6) is 0 Å². The molecule has 0 aliphatic heterocycles. The van der Waals surface area contributed by atoms with E-state index >= 15 is 0 Å². The minimum atomic E-state index is -0.381. The maximum Gasteiger partial charge on any atom is 0.261 e. The van der Waals surface area contributed by atoms with Gasteiger partial charge in [-0.25, -0.2) is 5.43 Å². The minimum absolute atomic E-state index is 0.117. The Hall–Kier alpha value is -1.99. The molecule has 0 saturated heterocycles. The van der Waals surface area contributed by atoms with Crippen molar-refractivity contribution in [3.8, 4) is 0 Å². The van der Waals surface area contributed by atoms with Crippen LogP contribution in [0.1, 0.15) is 15.2 Å². The van der Waals surface area contributed by atoms with E-state index < -0.39 is 0 Å². The van der Waals surface area contributed by atoms with Crippen molar-refractivity contribution in [2.45, 2.75) is 0 Å². The zero-order chi connectivity index (χ0) is 15.1. The first kappa shape index (κ1) is 15.4. The van der Waals surface area contributed by atoms with E-state index in [2.05, 4.69) is 31.8 Å². The number of amides is 2. The van der Waals surface area contributed by atoms with Gasteiger partial charge in [0.2, 0.25) is 0 Å². The van der Waals surface area contributed by atoms with Crippen molar-refractivity contribution < 1.29 is 9.59 Å². The van der Waals surface area contributed by atoms with Crippen LogP contribution in [0.15, 0.2) is 51.4 Å². The number of nitrogens with one attached hydrogen (secondary N) is 2. The van der Waals surface area contributed by atoms with Gasteiger partial charge in [-0.1, -0.05) is 34.1 Å². The number of carbonyl (C=O) groups excluding carboxylic acids is 2. The Morgan fingerprint density at radius 3 is 2.67 bits per heavy atom. The molecule has 0 bridgehead atoms. The molecule has 0 aliphatic rings. The summed E-state index contributed by atoms with van der Waals surface area (Å²) < 4.78 is 0.972. The molecule has 0 fully saturated rings. The summed E-state index contributed by atoms with van der Waals surface area (Å²) in [4.78, 5) is 23.7. The van der Waals surface area contributed by atoms with Crippen molar-refractivity contribution in [1.82, 2.24) is 10.7 Å². The molecule has 1 heterocycles. The second kappa shape index (κ2) is 7.70. The number of thiophene rings is 1. The van der Waals surface area contributed by atoms with Gasteiger partial charge >= 0.3 is 0 Å². The predicted octanol–water partition coefficient (Wildman–Crippen LogP) is 2.39. The fraction of sp³-hybridized carbons (Fsp3) is 0.0714. The number of benzene rings is 1. The van der Waals surface area contributed by atoms with Crippen molar-refractivity contribution in [3.63, 3.8) is 0 Å². The summed E-state index contributed by atoms with van der Waals surface area (Å²) in [5, 5.41) is 8.15. The largest absolute Gasteiger partial charge is 0.342 e. The second-order valence-corrected chi connectivity index (χ2v) is 5.87. The summed E-state index contributed by atoms with van der Waals surface area (Å²) in [7, 11) is 0. The zero-order valence-electron chi connectivity index (χ0n) is 10.9. The van der Waals surface area contributed by atoms with Gasteiger partial charge < -0.3 is 5.32 Å². The first-order valence-electron chi connectivity index (χ1n) is 6.04. The van der Waals surface area contributed by atoms with E-state index in [0.717, 1.165) is 10.0 Å². The highest BCUT2D eigenvalue weighted by Crippen LogP contribution is 2.09. The fourth-order valence-electron chi connectivity index (χ4n) is 1.42. The first-order chi connectivity index (χ1) is 10.1. The predicted molar refractivity (Wildman–Crippen MR) is 86.5 cm³/mol. The Bertz CT molecular complexity index is 639. The van der Waals surface area contributed by atoms with Gasteiger partial charge in [-0.2, -0.15) is 5.10 Å². The van der Waals surface area contributed by atoms with Gasteiger partial charge in [-0.05, 0) is 29.1 Å². The molecule has 2 N–H and O–H groups in total. The lowest BCUT2D eigenvalue weighted by Gasteiger charge is -2.02. The lowest BCUT2D eigenvalue weighted by atomic mass is 10.2. The molecule has 0 unspecified atom stereocenters. The van der Waals surface area contributed by atoms with Gasteiger partial charge in [-0.3, -0.25) is 9.59 Å². The van der Waals surface area contributed by atoms with Crippen LogP contribution in [0.25, 0.3) is 0 Å². The van der Waals surface area contributed by atoms with Gasteiger partial charge in [0.1, 0.15) is 0 Å². The van der Waals surface area contributed by atoms with Crippen LogP contribution in [0, 0.1) is 0 Å². The van der Waals surface area contributed by atoms with Crippen LogP contribution in [-0.4, -0.2) is 24.6 Å². The maximum absolute atomic E-state index is 11.6. The van der Waals surface area contributed by atoms with E-state index in [9.17, 15) is 9.59 Å². The molecule has 0 spiro atoms.